The summed E-state index contributed by atoms with van der Waals surface area (Å²) in [4.78, 5) is 20.3. The highest BCUT2D eigenvalue weighted by molar-refractivity contribution is 7.22. The van der Waals surface area contributed by atoms with Crippen LogP contribution >= 0.6 is 11.3 Å². The minimum absolute atomic E-state index is 0.296. The maximum atomic E-state index is 11.9. The number of fused-ring (bicyclic) bond motifs is 1. The van der Waals surface area contributed by atoms with Crippen LogP contribution in [0, 0.1) is 0 Å². The van der Waals surface area contributed by atoms with E-state index in [9.17, 15) is 4.79 Å². The monoisotopic (exact) mass is 314 g/mol. The Morgan fingerprint density at radius 3 is 2.86 bits per heavy atom. The van der Waals surface area contributed by atoms with Gasteiger partial charge in [0.05, 0.1) is 17.3 Å². The number of pyridine rings is 1. The summed E-state index contributed by atoms with van der Waals surface area (Å²) in [5, 5.41) is 6.08. The molecule has 0 saturated heterocycles. The number of carbonyl (C=O) groups excluding carboxylic acids is 1. The van der Waals surface area contributed by atoms with E-state index in [-0.39, 0.29) is 6.03 Å². The molecule has 2 aromatic heterocycles. The van der Waals surface area contributed by atoms with E-state index in [1.54, 1.807) is 19.4 Å². The molecule has 0 radical (unpaired) electrons. The van der Waals surface area contributed by atoms with Gasteiger partial charge in [-0.15, -0.1) is 0 Å². The molecule has 3 rings (SSSR count). The number of nitrogens with zero attached hydrogens (tertiary/aromatic N) is 2. The van der Waals surface area contributed by atoms with Gasteiger partial charge in [0.25, 0.3) is 0 Å². The number of para-hydroxylation sites is 1. The Balaban J connectivity index is 1.57. The van der Waals surface area contributed by atoms with Gasteiger partial charge in [0, 0.05) is 18.8 Å². The van der Waals surface area contributed by atoms with Crippen LogP contribution in [0.5, 0.6) is 5.88 Å². The molecular formula is C15H14N4O2S. The van der Waals surface area contributed by atoms with E-state index < -0.39 is 0 Å². The fraction of sp³-hybridized carbons (Fsp3) is 0.133. The summed E-state index contributed by atoms with van der Waals surface area (Å²) in [5.41, 5.74) is 1.77. The molecule has 6 nitrogen and oxygen atoms in total. The van der Waals surface area contributed by atoms with Gasteiger partial charge >= 0.3 is 6.03 Å². The number of amides is 2. The van der Waals surface area contributed by atoms with Gasteiger partial charge in [-0.2, -0.15) is 0 Å². The summed E-state index contributed by atoms with van der Waals surface area (Å²) in [5.74, 6) is 0.544. The SMILES string of the molecule is COc1ccc(CNC(=O)Nc2nc3ccccc3s2)cn1. The number of carbonyl (C=O) groups is 1. The second kappa shape index (κ2) is 6.40. The minimum atomic E-state index is -0.296. The number of rotatable bonds is 4. The Morgan fingerprint density at radius 1 is 1.27 bits per heavy atom. The van der Waals surface area contributed by atoms with Crippen LogP contribution in [0.4, 0.5) is 9.93 Å². The van der Waals surface area contributed by atoms with Crippen LogP contribution in [0.3, 0.4) is 0 Å². The standard InChI is InChI=1S/C15H14N4O2S/c1-21-13-7-6-10(8-16-13)9-17-14(20)19-15-18-11-4-2-3-5-12(11)22-15/h2-8H,9H2,1H3,(H2,17,18,19,20). The highest BCUT2D eigenvalue weighted by Gasteiger charge is 2.07. The molecule has 1 aromatic carbocycles. The molecule has 0 bridgehead atoms. The number of aromatic nitrogens is 2. The van der Waals surface area contributed by atoms with Crippen molar-refractivity contribution in [1.82, 2.24) is 15.3 Å². The zero-order valence-corrected chi connectivity index (χ0v) is 12.7. The maximum absolute atomic E-state index is 11.9. The molecular weight excluding hydrogens is 300 g/mol. The molecule has 0 spiro atoms. The quantitative estimate of drug-likeness (QED) is 0.776. The van der Waals surface area contributed by atoms with Gasteiger partial charge in [0.1, 0.15) is 0 Å². The lowest BCUT2D eigenvalue weighted by molar-refractivity contribution is 0.251. The molecule has 0 saturated carbocycles. The Kier molecular flexibility index (Phi) is 4.15. The lowest BCUT2D eigenvalue weighted by Gasteiger charge is -2.05. The van der Waals surface area contributed by atoms with Crippen LogP contribution in [0.25, 0.3) is 10.2 Å². The van der Waals surface area contributed by atoms with Crippen molar-refractivity contribution in [3.63, 3.8) is 0 Å². The Labute approximate surface area is 131 Å². The molecule has 0 aliphatic carbocycles. The lowest BCUT2D eigenvalue weighted by Crippen LogP contribution is -2.28. The number of anilines is 1. The van der Waals surface area contributed by atoms with Crippen molar-refractivity contribution in [2.45, 2.75) is 6.54 Å². The van der Waals surface area contributed by atoms with E-state index in [0.29, 0.717) is 17.6 Å². The number of hydrogen-bond donors (Lipinski definition) is 2. The average Bonchev–Trinajstić information content (AvgIpc) is 2.95. The third-order valence-corrected chi connectivity index (χ3v) is 3.93. The number of thiazole rings is 1. The molecule has 0 atom stereocenters. The van der Waals surface area contributed by atoms with Crippen LogP contribution in [0.15, 0.2) is 42.6 Å². The Morgan fingerprint density at radius 2 is 2.14 bits per heavy atom. The summed E-state index contributed by atoms with van der Waals surface area (Å²) in [6, 6.07) is 11.1. The van der Waals surface area contributed by atoms with Gasteiger partial charge in [-0.05, 0) is 17.7 Å². The van der Waals surface area contributed by atoms with E-state index in [0.717, 1.165) is 15.8 Å². The maximum Gasteiger partial charge on any atom is 0.321 e. The average molecular weight is 314 g/mol. The van der Waals surface area contributed by atoms with E-state index >= 15 is 0 Å². The summed E-state index contributed by atoms with van der Waals surface area (Å²) >= 11 is 1.44. The molecule has 0 unspecified atom stereocenters. The van der Waals surface area contributed by atoms with Crippen LogP contribution in [0.2, 0.25) is 0 Å². The van der Waals surface area contributed by atoms with E-state index in [1.807, 2.05) is 30.3 Å². The number of ether oxygens (including phenoxy) is 1. The number of benzene rings is 1. The molecule has 0 fully saturated rings. The van der Waals surface area contributed by atoms with E-state index in [1.165, 1.54) is 11.3 Å². The third kappa shape index (κ3) is 3.32. The highest BCUT2D eigenvalue weighted by atomic mass is 32.1. The van der Waals surface area contributed by atoms with Gasteiger partial charge in [-0.3, -0.25) is 5.32 Å². The van der Waals surface area contributed by atoms with Gasteiger partial charge in [-0.1, -0.05) is 29.5 Å². The molecule has 2 amide bonds. The van der Waals surface area contributed by atoms with Crippen molar-refractivity contribution in [3.05, 3.63) is 48.2 Å². The van der Waals surface area contributed by atoms with Crippen molar-refractivity contribution in [3.8, 4) is 5.88 Å². The van der Waals surface area contributed by atoms with E-state index in [4.69, 9.17) is 4.74 Å². The number of hydrogen-bond acceptors (Lipinski definition) is 5. The predicted octanol–water partition coefficient (Wildman–Crippen LogP) is 3.02. The number of urea groups is 1. The zero-order chi connectivity index (χ0) is 15.4. The van der Waals surface area contributed by atoms with E-state index in [2.05, 4.69) is 20.6 Å². The number of methoxy groups -OCH3 is 1. The molecule has 112 valence electrons. The molecule has 22 heavy (non-hydrogen) atoms. The lowest BCUT2D eigenvalue weighted by atomic mass is 10.3. The van der Waals surface area contributed by atoms with Gasteiger partial charge in [0.2, 0.25) is 5.88 Å². The topological polar surface area (TPSA) is 76.1 Å². The summed E-state index contributed by atoms with van der Waals surface area (Å²) in [7, 11) is 1.56. The first-order valence-electron chi connectivity index (χ1n) is 6.64. The fourth-order valence-corrected chi connectivity index (χ4v) is 2.75. The van der Waals surface area contributed by atoms with Gasteiger partial charge < -0.3 is 10.1 Å². The Hall–Kier alpha value is -2.67. The van der Waals surface area contributed by atoms with Gasteiger partial charge in [0.15, 0.2) is 5.13 Å². The summed E-state index contributed by atoms with van der Waals surface area (Å²) < 4.78 is 6.02. The van der Waals surface area contributed by atoms with Crippen molar-refractivity contribution in [2.75, 3.05) is 12.4 Å². The molecule has 0 aliphatic heterocycles. The fourth-order valence-electron chi connectivity index (χ4n) is 1.89. The largest absolute Gasteiger partial charge is 0.481 e. The first-order chi connectivity index (χ1) is 10.7. The smallest absolute Gasteiger partial charge is 0.321 e. The third-order valence-electron chi connectivity index (χ3n) is 2.97. The molecule has 3 aromatic rings. The van der Waals surface area contributed by atoms with Crippen molar-refractivity contribution in [1.29, 1.82) is 0 Å². The van der Waals surface area contributed by atoms with Gasteiger partial charge in [-0.25, -0.2) is 14.8 Å². The van der Waals surface area contributed by atoms with Crippen molar-refractivity contribution < 1.29 is 9.53 Å². The van der Waals surface area contributed by atoms with Crippen LogP contribution in [-0.2, 0) is 6.54 Å². The second-order valence-corrected chi connectivity index (χ2v) is 5.53. The summed E-state index contributed by atoms with van der Waals surface area (Å²) in [6.45, 7) is 0.383. The molecule has 2 heterocycles. The highest BCUT2D eigenvalue weighted by Crippen LogP contribution is 2.25. The van der Waals surface area contributed by atoms with Crippen LogP contribution in [-0.4, -0.2) is 23.1 Å². The van der Waals surface area contributed by atoms with Crippen LogP contribution in [0.1, 0.15) is 5.56 Å². The molecule has 2 N–H and O–H groups in total. The predicted molar refractivity (Wildman–Crippen MR) is 86.3 cm³/mol. The minimum Gasteiger partial charge on any atom is -0.481 e. The first kappa shape index (κ1) is 14.3. The normalized spacial score (nSPS) is 10.4. The Bertz CT molecular complexity index is 753. The van der Waals surface area contributed by atoms with Crippen molar-refractivity contribution in [2.24, 2.45) is 0 Å². The number of nitrogens with one attached hydrogen (secondary N) is 2. The van der Waals surface area contributed by atoms with Crippen LogP contribution < -0.4 is 15.4 Å². The molecule has 0 aliphatic rings. The molecule has 7 heteroatoms. The zero-order valence-electron chi connectivity index (χ0n) is 11.9. The van der Waals surface area contributed by atoms with Crippen molar-refractivity contribution >= 4 is 32.7 Å². The first-order valence-corrected chi connectivity index (χ1v) is 7.45. The summed E-state index contributed by atoms with van der Waals surface area (Å²) in [6.07, 6.45) is 1.66. The second-order valence-electron chi connectivity index (χ2n) is 4.50.